The first-order valence-corrected chi connectivity index (χ1v) is 9.73. The Balaban J connectivity index is 1.42. The molecule has 2 aliphatic rings. The molecule has 0 saturated heterocycles. The zero-order chi connectivity index (χ0) is 18.8. The fourth-order valence-corrected chi connectivity index (χ4v) is 3.66. The standard InChI is InChI=1S/C20H20Cl2N2O3/c21-15-5-3-14(16(22)10-15)11-23-20(25)24-19(12-1-2-12)13-4-6-17-18(9-13)27-8-7-26-17/h3-6,9-10,12,19H,1-2,7-8,11H2,(H2,23,24,25). The molecule has 1 aliphatic carbocycles. The number of rotatable bonds is 5. The average Bonchev–Trinajstić information content (AvgIpc) is 3.50. The van der Waals surface area contributed by atoms with E-state index in [1.807, 2.05) is 24.3 Å². The summed E-state index contributed by atoms with van der Waals surface area (Å²) in [6.45, 7) is 1.44. The first-order chi connectivity index (χ1) is 13.1. The first-order valence-electron chi connectivity index (χ1n) is 8.98. The third-order valence-electron chi connectivity index (χ3n) is 4.76. The van der Waals surface area contributed by atoms with Crippen molar-refractivity contribution in [1.82, 2.24) is 10.6 Å². The van der Waals surface area contributed by atoms with E-state index < -0.39 is 0 Å². The number of fused-ring (bicyclic) bond motifs is 1. The van der Waals surface area contributed by atoms with Crippen LogP contribution in [0.3, 0.4) is 0 Å². The largest absolute Gasteiger partial charge is 0.486 e. The summed E-state index contributed by atoms with van der Waals surface area (Å²) in [6, 6.07) is 10.8. The summed E-state index contributed by atoms with van der Waals surface area (Å²) >= 11 is 12.1. The summed E-state index contributed by atoms with van der Waals surface area (Å²) in [6.07, 6.45) is 2.20. The van der Waals surface area contributed by atoms with Crippen LogP contribution in [0.25, 0.3) is 0 Å². The van der Waals surface area contributed by atoms with Gasteiger partial charge in [-0.05, 0) is 54.2 Å². The van der Waals surface area contributed by atoms with Crippen LogP contribution in [-0.4, -0.2) is 19.2 Å². The zero-order valence-electron chi connectivity index (χ0n) is 14.6. The SMILES string of the molecule is O=C(NCc1ccc(Cl)cc1Cl)NC(c1ccc2c(c1)OCCO2)C1CC1. The van der Waals surface area contributed by atoms with Gasteiger partial charge in [-0.1, -0.05) is 35.3 Å². The van der Waals surface area contributed by atoms with Gasteiger partial charge in [0.1, 0.15) is 13.2 Å². The van der Waals surface area contributed by atoms with Crippen LogP contribution < -0.4 is 20.1 Å². The highest BCUT2D eigenvalue weighted by Gasteiger charge is 2.34. The summed E-state index contributed by atoms with van der Waals surface area (Å²) in [5, 5.41) is 7.06. The van der Waals surface area contributed by atoms with Crippen LogP contribution in [-0.2, 0) is 6.54 Å². The molecule has 0 radical (unpaired) electrons. The van der Waals surface area contributed by atoms with Crippen LogP contribution in [0.2, 0.25) is 10.0 Å². The Bertz CT molecular complexity index is 855. The maximum atomic E-state index is 12.5. The van der Waals surface area contributed by atoms with Gasteiger partial charge in [0.15, 0.2) is 11.5 Å². The van der Waals surface area contributed by atoms with E-state index in [9.17, 15) is 4.79 Å². The van der Waals surface area contributed by atoms with Crippen LogP contribution in [0.5, 0.6) is 11.5 Å². The first kappa shape index (κ1) is 18.3. The lowest BCUT2D eigenvalue weighted by Crippen LogP contribution is -2.38. The molecule has 1 atom stereocenters. The molecule has 7 heteroatoms. The molecule has 1 heterocycles. The fraction of sp³-hybridized carbons (Fsp3) is 0.350. The molecule has 0 spiro atoms. The maximum Gasteiger partial charge on any atom is 0.315 e. The van der Waals surface area contributed by atoms with Crippen LogP contribution in [0.4, 0.5) is 4.79 Å². The topological polar surface area (TPSA) is 59.6 Å². The van der Waals surface area contributed by atoms with Crippen molar-refractivity contribution >= 4 is 29.2 Å². The minimum Gasteiger partial charge on any atom is -0.486 e. The van der Waals surface area contributed by atoms with Crippen LogP contribution in [0.1, 0.15) is 30.0 Å². The number of amides is 2. The molecule has 0 aromatic heterocycles. The van der Waals surface area contributed by atoms with Gasteiger partial charge in [0.05, 0.1) is 6.04 Å². The predicted octanol–water partition coefficient (Wildman–Crippen LogP) is 4.72. The molecular formula is C20H20Cl2N2O3. The second-order valence-corrected chi connectivity index (χ2v) is 7.62. The fourth-order valence-electron chi connectivity index (χ4n) is 3.19. The average molecular weight is 407 g/mol. The second-order valence-electron chi connectivity index (χ2n) is 6.78. The molecular weight excluding hydrogens is 387 g/mol. The van der Waals surface area contributed by atoms with E-state index in [2.05, 4.69) is 10.6 Å². The molecule has 1 saturated carbocycles. The number of hydrogen-bond donors (Lipinski definition) is 2. The van der Waals surface area contributed by atoms with Crippen molar-refractivity contribution in [2.45, 2.75) is 25.4 Å². The molecule has 2 aromatic rings. The number of hydrogen-bond acceptors (Lipinski definition) is 3. The van der Waals surface area contributed by atoms with Gasteiger partial charge in [-0.25, -0.2) is 4.79 Å². The van der Waals surface area contributed by atoms with Gasteiger partial charge < -0.3 is 20.1 Å². The Hall–Kier alpha value is -2.11. The number of ether oxygens (including phenoxy) is 2. The molecule has 4 rings (SSSR count). The van der Waals surface area contributed by atoms with Gasteiger partial charge in [-0.15, -0.1) is 0 Å². The molecule has 1 aliphatic heterocycles. The molecule has 1 fully saturated rings. The highest BCUT2D eigenvalue weighted by molar-refractivity contribution is 6.35. The Labute approximate surface area is 167 Å². The van der Waals surface area contributed by atoms with Crippen molar-refractivity contribution < 1.29 is 14.3 Å². The summed E-state index contributed by atoms with van der Waals surface area (Å²) in [4.78, 5) is 12.5. The van der Waals surface area contributed by atoms with Gasteiger partial charge in [0, 0.05) is 16.6 Å². The van der Waals surface area contributed by atoms with Crippen molar-refractivity contribution in [3.05, 3.63) is 57.6 Å². The highest BCUT2D eigenvalue weighted by Crippen LogP contribution is 2.43. The molecule has 27 heavy (non-hydrogen) atoms. The Morgan fingerprint density at radius 1 is 1.07 bits per heavy atom. The molecule has 2 aromatic carbocycles. The lowest BCUT2D eigenvalue weighted by atomic mass is 10.0. The van der Waals surface area contributed by atoms with Crippen molar-refractivity contribution in [3.63, 3.8) is 0 Å². The van der Waals surface area contributed by atoms with Gasteiger partial charge in [0.25, 0.3) is 0 Å². The number of benzene rings is 2. The third kappa shape index (κ3) is 4.42. The Morgan fingerprint density at radius 2 is 1.85 bits per heavy atom. The molecule has 5 nitrogen and oxygen atoms in total. The van der Waals surface area contributed by atoms with Crippen molar-refractivity contribution in [3.8, 4) is 11.5 Å². The van der Waals surface area contributed by atoms with E-state index in [0.717, 1.165) is 35.5 Å². The van der Waals surface area contributed by atoms with E-state index in [1.54, 1.807) is 12.1 Å². The van der Waals surface area contributed by atoms with Gasteiger partial charge in [0.2, 0.25) is 0 Å². The van der Waals surface area contributed by atoms with Crippen molar-refractivity contribution in [1.29, 1.82) is 0 Å². The zero-order valence-corrected chi connectivity index (χ0v) is 16.1. The summed E-state index contributed by atoms with van der Waals surface area (Å²) in [5.74, 6) is 1.93. The molecule has 2 N–H and O–H groups in total. The van der Waals surface area contributed by atoms with Gasteiger partial charge in [-0.2, -0.15) is 0 Å². The molecule has 142 valence electrons. The molecule has 2 amide bonds. The number of urea groups is 1. The minimum absolute atomic E-state index is 0.0542. The highest BCUT2D eigenvalue weighted by atomic mass is 35.5. The van der Waals surface area contributed by atoms with E-state index >= 15 is 0 Å². The predicted molar refractivity (Wildman–Crippen MR) is 105 cm³/mol. The summed E-state index contributed by atoms with van der Waals surface area (Å²) in [5.41, 5.74) is 1.85. The summed E-state index contributed by atoms with van der Waals surface area (Å²) in [7, 11) is 0. The maximum absolute atomic E-state index is 12.5. The van der Waals surface area contributed by atoms with Crippen molar-refractivity contribution in [2.75, 3.05) is 13.2 Å². The summed E-state index contributed by atoms with van der Waals surface area (Å²) < 4.78 is 11.2. The minimum atomic E-state index is -0.229. The lowest BCUT2D eigenvalue weighted by Gasteiger charge is -2.23. The van der Waals surface area contributed by atoms with E-state index in [-0.39, 0.29) is 12.1 Å². The number of carbonyl (C=O) groups excluding carboxylic acids is 1. The second kappa shape index (κ2) is 7.87. The smallest absolute Gasteiger partial charge is 0.315 e. The van der Waals surface area contributed by atoms with Crippen LogP contribution in [0, 0.1) is 5.92 Å². The normalized spacial score (nSPS) is 16.5. The van der Waals surface area contributed by atoms with E-state index in [4.69, 9.17) is 32.7 Å². The van der Waals surface area contributed by atoms with E-state index in [0.29, 0.717) is 35.7 Å². The molecule has 1 unspecified atom stereocenters. The van der Waals surface area contributed by atoms with Gasteiger partial charge in [-0.3, -0.25) is 0 Å². The third-order valence-corrected chi connectivity index (χ3v) is 5.35. The number of nitrogens with one attached hydrogen (secondary N) is 2. The molecule has 0 bridgehead atoms. The van der Waals surface area contributed by atoms with E-state index in [1.165, 1.54) is 0 Å². The lowest BCUT2D eigenvalue weighted by molar-refractivity contribution is 0.171. The van der Waals surface area contributed by atoms with Gasteiger partial charge >= 0.3 is 6.03 Å². The quantitative estimate of drug-likeness (QED) is 0.755. The van der Waals surface area contributed by atoms with Crippen LogP contribution >= 0.6 is 23.2 Å². The number of halogens is 2. The van der Waals surface area contributed by atoms with Crippen molar-refractivity contribution in [2.24, 2.45) is 5.92 Å². The van der Waals surface area contributed by atoms with Crippen LogP contribution in [0.15, 0.2) is 36.4 Å². The Kier molecular flexibility index (Phi) is 5.32. The monoisotopic (exact) mass is 406 g/mol. The Morgan fingerprint density at radius 3 is 2.59 bits per heavy atom. The number of carbonyl (C=O) groups is 1.